The molecule has 0 bridgehead atoms. The number of thiophene rings is 1. The van der Waals surface area contributed by atoms with Crippen LogP contribution in [0.25, 0.3) is 21.2 Å². The van der Waals surface area contributed by atoms with E-state index in [9.17, 15) is 14.0 Å². The van der Waals surface area contributed by atoms with Crippen LogP contribution in [0.1, 0.15) is 19.0 Å². The SMILES string of the molecule is CCC1(F)CN(C(=O)Cn2ccc3scc(-c4cnc(C)c(Cl)c4)c3c2=O)C1. The highest BCUT2D eigenvalue weighted by atomic mass is 35.5. The Hall–Kier alpha value is -2.25. The lowest BCUT2D eigenvalue weighted by Gasteiger charge is -2.44. The van der Waals surface area contributed by atoms with Crippen LogP contribution in [0.2, 0.25) is 5.02 Å². The van der Waals surface area contributed by atoms with E-state index in [0.29, 0.717) is 16.8 Å². The number of amides is 1. The van der Waals surface area contributed by atoms with Gasteiger partial charge in [0.05, 0.1) is 29.2 Å². The van der Waals surface area contributed by atoms with Crippen molar-refractivity contribution in [1.82, 2.24) is 14.5 Å². The quantitative estimate of drug-likeness (QED) is 0.641. The van der Waals surface area contributed by atoms with Gasteiger partial charge in [0.1, 0.15) is 12.2 Å². The monoisotopic (exact) mass is 419 g/mol. The number of carbonyl (C=O) groups excluding carboxylic acids is 1. The van der Waals surface area contributed by atoms with Gasteiger partial charge < -0.3 is 9.47 Å². The summed E-state index contributed by atoms with van der Waals surface area (Å²) in [6.07, 6.45) is 3.69. The lowest BCUT2D eigenvalue weighted by atomic mass is 9.93. The molecule has 146 valence electrons. The van der Waals surface area contributed by atoms with Crippen LogP contribution >= 0.6 is 22.9 Å². The van der Waals surface area contributed by atoms with Gasteiger partial charge in [0.2, 0.25) is 5.91 Å². The Morgan fingerprint density at radius 3 is 2.86 bits per heavy atom. The Balaban J connectivity index is 1.66. The minimum absolute atomic E-state index is 0.0938. The van der Waals surface area contributed by atoms with Crippen molar-refractivity contribution in [2.45, 2.75) is 32.5 Å². The van der Waals surface area contributed by atoms with Gasteiger partial charge in [-0.1, -0.05) is 18.5 Å². The Bertz CT molecular complexity index is 1130. The zero-order valence-corrected chi connectivity index (χ0v) is 17.1. The lowest BCUT2D eigenvalue weighted by molar-refractivity contribution is -0.146. The van der Waals surface area contributed by atoms with Crippen molar-refractivity contribution in [1.29, 1.82) is 0 Å². The number of aryl methyl sites for hydroxylation is 1. The Kier molecular flexibility index (Phi) is 4.75. The van der Waals surface area contributed by atoms with Crippen molar-refractivity contribution >= 4 is 38.9 Å². The molecular formula is C20H19ClFN3O2S. The fourth-order valence-electron chi connectivity index (χ4n) is 3.36. The fourth-order valence-corrected chi connectivity index (χ4v) is 4.48. The molecule has 0 aromatic carbocycles. The van der Waals surface area contributed by atoms with E-state index in [1.54, 1.807) is 25.4 Å². The van der Waals surface area contributed by atoms with Gasteiger partial charge in [0, 0.05) is 33.6 Å². The second kappa shape index (κ2) is 6.97. The molecule has 0 N–H and O–H groups in total. The van der Waals surface area contributed by atoms with Gasteiger partial charge in [-0.15, -0.1) is 11.3 Å². The van der Waals surface area contributed by atoms with Crippen molar-refractivity contribution in [2.24, 2.45) is 0 Å². The molecule has 0 saturated carbocycles. The van der Waals surface area contributed by atoms with Crippen LogP contribution in [0.4, 0.5) is 4.39 Å². The third-order valence-electron chi connectivity index (χ3n) is 5.28. The van der Waals surface area contributed by atoms with Crippen molar-refractivity contribution in [3.05, 3.63) is 51.0 Å². The smallest absolute Gasteiger partial charge is 0.260 e. The van der Waals surface area contributed by atoms with Crippen LogP contribution in [0, 0.1) is 6.92 Å². The van der Waals surface area contributed by atoms with Crippen LogP contribution in [-0.4, -0.2) is 39.1 Å². The molecule has 1 amide bonds. The summed E-state index contributed by atoms with van der Waals surface area (Å²) >= 11 is 7.65. The zero-order chi connectivity index (χ0) is 20.1. The van der Waals surface area contributed by atoms with E-state index in [0.717, 1.165) is 21.5 Å². The summed E-state index contributed by atoms with van der Waals surface area (Å²) in [5, 5.41) is 2.97. The molecular weight excluding hydrogens is 401 g/mol. The first kappa shape index (κ1) is 19.1. The van der Waals surface area contributed by atoms with Gasteiger partial charge in [0.15, 0.2) is 0 Å². The molecule has 0 spiro atoms. The highest BCUT2D eigenvalue weighted by molar-refractivity contribution is 7.17. The average Bonchev–Trinajstić information content (AvgIpc) is 3.08. The van der Waals surface area contributed by atoms with Gasteiger partial charge in [-0.2, -0.15) is 0 Å². The first-order chi connectivity index (χ1) is 13.3. The van der Waals surface area contributed by atoms with E-state index in [4.69, 9.17) is 11.6 Å². The number of alkyl halides is 1. The molecule has 1 saturated heterocycles. The second-order valence-corrected chi connectivity index (χ2v) is 8.50. The summed E-state index contributed by atoms with van der Waals surface area (Å²) in [5.74, 6) is -0.250. The van der Waals surface area contributed by atoms with Crippen molar-refractivity contribution < 1.29 is 9.18 Å². The number of nitrogens with zero attached hydrogens (tertiary/aromatic N) is 3. The van der Waals surface area contributed by atoms with E-state index in [1.807, 2.05) is 18.4 Å². The van der Waals surface area contributed by atoms with Crippen LogP contribution < -0.4 is 5.56 Å². The molecule has 0 unspecified atom stereocenters. The van der Waals surface area contributed by atoms with Crippen molar-refractivity contribution in [3.63, 3.8) is 0 Å². The highest BCUT2D eigenvalue weighted by Gasteiger charge is 2.44. The molecule has 4 rings (SSSR count). The van der Waals surface area contributed by atoms with Gasteiger partial charge in [-0.25, -0.2) is 4.39 Å². The van der Waals surface area contributed by atoms with Gasteiger partial charge in [0.25, 0.3) is 5.56 Å². The minimum atomic E-state index is -1.29. The van der Waals surface area contributed by atoms with Gasteiger partial charge in [-0.3, -0.25) is 14.6 Å². The van der Waals surface area contributed by atoms with Crippen molar-refractivity contribution in [2.75, 3.05) is 13.1 Å². The lowest BCUT2D eigenvalue weighted by Crippen LogP contribution is -2.61. The van der Waals surface area contributed by atoms with E-state index in [1.165, 1.54) is 20.8 Å². The van der Waals surface area contributed by atoms with Crippen LogP contribution in [0.15, 0.2) is 34.7 Å². The molecule has 3 aromatic rings. The minimum Gasteiger partial charge on any atom is -0.335 e. The van der Waals surface area contributed by atoms with Crippen LogP contribution in [0.3, 0.4) is 0 Å². The molecule has 0 aliphatic carbocycles. The number of hydrogen-bond acceptors (Lipinski definition) is 4. The second-order valence-electron chi connectivity index (χ2n) is 7.18. The maximum Gasteiger partial charge on any atom is 0.260 e. The zero-order valence-electron chi connectivity index (χ0n) is 15.5. The van der Waals surface area contributed by atoms with E-state index < -0.39 is 5.67 Å². The fraction of sp³-hybridized carbons (Fsp3) is 0.350. The molecule has 1 fully saturated rings. The third-order valence-corrected chi connectivity index (χ3v) is 6.61. The molecule has 0 radical (unpaired) electrons. The topological polar surface area (TPSA) is 55.2 Å². The van der Waals surface area contributed by atoms with Gasteiger partial charge >= 0.3 is 0 Å². The molecule has 1 aliphatic rings. The first-order valence-electron chi connectivity index (χ1n) is 9.01. The third kappa shape index (κ3) is 3.22. The number of aromatic nitrogens is 2. The number of fused-ring (bicyclic) bond motifs is 1. The maximum atomic E-state index is 14.1. The molecule has 28 heavy (non-hydrogen) atoms. The van der Waals surface area contributed by atoms with Gasteiger partial charge in [-0.05, 0) is 25.5 Å². The number of carbonyl (C=O) groups is 1. The molecule has 0 atom stereocenters. The maximum absolute atomic E-state index is 14.1. The van der Waals surface area contributed by atoms with E-state index >= 15 is 0 Å². The first-order valence-corrected chi connectivity index (χ1v) is 10.3. The Morgan fingerprint density at radius 2 is 2.18 bits per heavy atom. The van der Waals surface area contributed by atoms with E-state index in [2.05, 4.69) is 4.98 Å². The Labute approximate surface area is 170 Å². The normalized spacial score (nSPS) is 15.6. The number of rotatable bonds is 4. The molecule has 3 aromatic heterocycles. The number of pyridine rings is 2. The summed E-state index contributed by atoms with van der Waals surface area (Å²) in [7, 11) is 0. The molecule has 8 heteroatoms. The van der Waals surface area contributed by atoms with Crippen LogP contribution in [-0.2, 0) is 11.3 Å². The standard InChI is InChI=1S/C20H19ClFN3O2S/c1-3-20(22)10-25(11-20)17(26)8-24-5-4-16-18(19(24)27)14(9-28-16)13-6-15(21)12(2)23-7-13/h4-7,9H,3,8,10-11H2,1-2H3. The summed E-state index contributed by atoms with van der Waals surface area (Å²) < 4.78 is 16.3. The summed E-state index contributed by atoms with van der Waals surface area (Å²) in [4.78, 5) is 31.2. The highest BCUT2D eigenvalue weighted by Crippen LogP contribution is 2.33. The van der Waals surface area contributed by atoms with Crippen LogP contribution in [0.5, 0.6) is 0 Å². The largest absolute Gasteiger partial charge is 0.335 e. The predicted octanol–water partition coefficient (Wildman–Crippen LogP) is 4.05. The van der Waals surface area contributed by atoms with Crippen molar-refractivity contribution in [3.8, 4) is 11.1 Å². The molecule has 4 heterocycles. The molecule has 5 nitrogen and oxygen atoms in total. The average molecular weight is 420 g/mol. The summed E-state index contributed by atoms with van der Waals surface area (Å²) in [6, 6.07) is 3.61. The summed E-state index contributed by atoms with van der Waals surface area (Å²) in [6.45, 7) is 3.67. The summed E-state index contributed by atoms with van der Waals surface area (Å²) in [5.41, 5.74) is 0.692. The Morgan fingerprint density at radius 1 is 1.43 bits per heavy atom. The molecule has 1 aliphatic heterocycles. The predicted molar refractivity (Wildman–Crippen MR) is 110 cm³/mol. The number of likely N-dealkylation sites (tertiary alicyclic amines) is 1. The number of hydrogen-bond donors (Lipinski definition) is 0. The van der Waals surface area contributed by atoms with E-state index in [-0.39, 0.29) is 31.1 Å². The number of halogens is 2.